The van der Waals surface area contributed by atoms with Crippen LogP contribution in [-0.2, 0) is 22.1 Å². The van der Waals surface area contributed by atoms with E-state index in [1.807, 2.05) is 14.1 Å². The van der Waals surface area contributed by atoms with E-state index in [1.165, 1.54) is 23.3 Å². The largest absolute Gasteiger partial charge is 0.491 e. The van der Waals surface area contributed by atoms with Gasteiger partial charge in [0.2, 0.25) is 0 Å². The molecule has 0 aliphatic heterocycles. The molecule has 0 spiro atoms. The molecule has 0 saturated carbocycles. The number of halogens is 1. The third-order valence-electron chi connectivity index (χ3n) is 5.68. The number of rotatable bonds is 10. The van der Waals surface area contributed by atoms with Crippen LogP contribution in [-0.4, -0.2) is 56.2 Å². The Hall–Kier alpha value is -1.95. The van der Waals surface area contributed by atoms with E-state index in [1.54, 1.807) is 12.1 Å². The van der Waals surface area contributed by atoms with Gasteiger partial charge < -0.3 is 19.1 Å². The maximum absolute atomic E-state index is 13.1. The van der Waals surface area contributed by atoms with E-state index in [9.17, 15) is 9.50 Å². The van der Waals surface area contributed by atoms with Crippen LogP contribution >= 0.6 is 0 Å². The van der Waals surface area contributed by atoms with Crippen LogP contribution in [0.25, 0.3) is 0 Å². The highest BCUT2D eigenvalue weighted by Gasteiger charge is 2.24. The summed E-state index contributed by atoms with van der Waals surface area (Å²) in [5, 5.41) is 10.4. The molecule has 184 valence electrons. The first-order valence-electron chi connectivity index (χ1n) is 11.8. The van der Waals surface area contributed by atoms with Crippen LogP contribution in [0, 0.1) is 5.82 Å². The van der Waals surface area contributed by atoms with E-state index < -0.39 is 6.10 Å². The SMILES string of the molecule is CC(C)(C)c1ccc(OCCOC[C@@H](O)C[N+](C)(C)Cc2ccc(F)cc2)c(C(C)(C)C)c1. The lowest BCUT2D eigenvalue weighted by Gasteiger charge is -2.32. The monoisotopic (exact) mass is 460 g/mol. The Morgan fingerprint density at radius 1 is 0.909 bits per heavy atom. The van der Waals surface area contributed by atoms with Gasteiger partial charge in [0.1, 0.15) is 37.4 Å². The summed E-state index contributed by atoms with van der Waals surface area (Å²) in [4.78, 5) is 0. The van der Waals surface area contributed by atoms with Gasteiger partial charge in [0, 0.05) is 5.56 Å². The van der Waals surface area contributed by atoms with Crippen LogP contribution in [0.2, 0.25) is 0 Å². The molecular formula is C28H43FNO3+. The lowest BCUT2D eigenvalue weighted by molar-refractivity contribution is -0.906. The summed E-state index contributed by atoms with van der Waals surface area (Å²) in [6.07, 6.45) is -0.586. The number of likely N-dealkylation sites (N-methyl/N-ethyl adjacent to an activating group) is 1. The minimum atomic E-state index is -0.586. The molecule has 0 aliphatic carbocycles. The lowest BCUT2D eigenvalue weighted by atomic mass is 9.80. The molecule has 1 atom stereocenters. The van der Waals surface area contributed by atoms with Gasteiger partial charge in [0.25, 0.3) is 0 Å². The van der Waals surface area contributed by atoms with Gasteiger partial charge in [-0.3, -0.25) is 0 Å². The van der Waals surface area contributed by atoms with Crippen molar-refractivity contribution in [2.24, 2.45) is 0 Å². The van der Waals surface area contributed by atoms with Crippen LogP contribution in [0.15, 0.2) is 42.5 Å². The number of hydrogen-bond acceptors (Lipinski definition) is 3. The molecule has 0 aromatic heterocycles. The molecule has 1 N–H and O–H groups in total. The zero-order valence-corrected chi connectivity index (χ0v) is 21.7. The summed E-state index contributed by atoms with van der Waals surface area (Å²) in [5.41, 5.74) is 3.58. The van der Waals surface area contributed by atoms with Crippen molar-refractivity contribution in [1.82, 2.24) is 0 Å². The third kappa shape index (κ3) is 9.07. The molecule has 2 rings (SSSR count). The molecule has 0 fully saturated rings. The minimum absolute atomic E-state index is 0.0261. The maximum atomic E-state index is 13.1. The Kier molecular flexibility index (Phi) is 9.09. The van der Waals surface area contributed by atoms with Crippen molar-refractivity contribution in [2.75, 3.05) is 40.5 Å². The Morgan fingerprint density at radius 3 is 2.12 bits per heavy atom. The molecule has 0 heterocycles. The van der Waals surface area contributed by atoms with E-state index in [4.69, 9.17) is 9.47 Å². The quantitative estimate of drug-likeness (QED) is 0.378. The normalized spacial score (nSPS) is 13.8. The van der Waals surface area contributed by atoms with Crippen LogP contribution in [0.3, 0.4) is 0 Å². The van der Waals surface area contributed by atoms with Gasteiger partial charge in [-0.05, 0) is 40.2 Å². The minimum Gasteiger partial charge on any atom is -0.491 e. The molecule has 2 aromatic rings. The topological polar surface area (TPSA) is 38.7 Å². The Bertz CT molecular complexity index is 879. The maximum Gasteiger partial charge on any atom is 0.126 e. The van der Waals surface area contributed by atoms with Crippen LogP contribution in [0.5, 0.6) is 5.75 Å². The number of nitrogens with zero attached hydrogens (tertiary/aromatic N) is 1. The van der Waals surface area contributed by atoms with Crippen molar-refractivity contribution < 1.29 is 23.5 Å². The van der Waals surface area contributed by atoms with Crippen molar-refractivity contribution in [3.8, 4) is 5.75 Å². The third-order valence-corrected chi connectivity index (χ3v) is 5.68. The highest BCUT2D eigenvalue weighted by atomic mass is 19.1. The lowest BCUT2D eigenvalue weighted by Crippen LogP contribution is -2.46. The summed E-state index contributed by atoms with van der Waals surface area (Å²) in [5.74, 6) is 0.649. The van der Waals surface area contributed by atoms with E-state index in [-0.39, 0.29) is 23.3 Å². The summed E-state index contributed by atoms with van der Waals surface area (Å²) >= 11 is 0. The Balaban J connectivity index is 1.82. The second-order valence-electron chi connectivity index (χ2n) is 11.7. The molecule has 33 heavy (non-hydrogen) atoms. The van der Waals surface area contributed by atoms with Crippen molar-refractivity contribution in [3.63, 3.8) is 0 Å². The number of benzene rings is 2. The molecule has 0 saturated heterocycles. The highest BCUT2D eigenvalue weighted by molar-refractivity contribution is 5.43. The van der Waals surface area contributed by atoms with Gasteiger partial charge in [0.15, 0.2) is 0 Å². The van der Waals surface area contributed by atoms with Gasteiger partial charge in [-0.1, -0.05) is 65.8 Å². The van der Waals surface area contributed by atoms with Gasteiger partial charge in [-0.2, -0.15) is 0 Å². The first-order chi connectivity index (χ1) is 15.2. The zero-order valence-electron chi connectivity index (χ0n) is 21.7. The van der Waals surface area contributed by atoms with Gasteiger partial charge >= 0.3 is 0 Å². The number of quaternary nitrogens is 1. The van der Waals surface area contributed by atoms with Crippen molar-refractivity contribution in [2.45, 2.75) is 65.0 Å². The van der Waals surface area contributed by atoms with Crippen molar-refractivity contribution in [3.05, 3.63) is 65.0 Å². The highest BCUT2D eigenvalue weighted by Crippen LogP contribution is 2.35. The predicted octanol–water partition coefficient (Wildman–Crippen LogP) is 5.45. The van der Waals surface area contributed by atoms with Gasteiger partial charge in [-0.25, -0.2) is 4.39 Å². The van der Waals surface area contributed by atoms with Crippen LogP contribution in [0.1, 0.15) is 58.2 Å². The standard InChI is InChI=1S/C28H43FNO3/c1-27(2,3)22-11-14-26(25(17-22)28(4,5)6)33-16-15-32-20-24(31)19-30(7,8)18-21-9-12-23(29)13-10-21/h9-14,17,24,31H,15-16,18-20H2,1-8H3/q+1/t24-/m0/s1. The van der Waals surface area contributed by atoms with Gasteiger partial charge in [0.05, 0.1) is 27.3 Å². The average molecular weight is 461 g/mol. The summed E-state index contributed by atoms with van der Waals surface area (Å²) in [6, 6.07) is 13.0. The molecule has 0 aliphatic rings. The van der Waals surface area contributed by atoms with Crippen LogP contribution < -0.4 is 4.74 Å². The second-order valence-corrected chi connectivity index (χ2v) is 11.7. The Morgan fingerprint density at radius 2 is 1.55 bits per heavy atom. The first-order valence-corrected chi connectivity index (χ1v) is 11.8. The van der Waals surface area contributed by atoms with Gasteiger partial charge in [-0.15, -0.1) is 0 Å². The predicted molar refractivity (Wildman–Crippen MR) is 133 cm³/mol. The Labute approximate surface area is 199 Å². The number of hydrogen-bond donors (Lipinski definition) is 1. The van der Waals surface area contributed by atoms with E-state index in [2.05, 4.69) is 59.7 Å². The van der Waals surface area contributed by atoms with Crippen LogP contribution in [0.4, 0.5) is 4.39 Å². The summed E-state index contributed by atoms with van der Waals surface area (Å²) in [6.45, 7) is 15.6. The fraction of sp³-hybridized carbons (Fsp3) is 0.571. The zero-order chi connectivity index (χ0) is 24.9. The van der Waals surface area contributed by atoms with E-state index in [0.29, 0.717) is 30.8 Å². The van der Waals surface area contributed by atoms with Crippen molar-refractivity contribution in [1.29, 1.82) is 0 Å². The van der Waals surface area contributed by atoms with E-state index >= 15 is 0 Å². The number of aliphatic hydroxyl groups is 1. The first kappa shape index (κ1) is 27.3. The molecule has 0 unspecified atom stereocenters. The molecule has 5 heteroatoms. The number of ether oxygens (including phenoxy) is 2. The molecule has 0 amide bonds. The smallest absolute Gasteiger partial charge is 0.126 e. The molecule has 0 radical (unpaired) electrons. The van der Waals surface area contributed by atoms with E-state index in [0.717, 1.165) is 11.3 Å². The fourth-order valence-electron chi connectivity index (χ4n) is 3.91. The molecule has 2 aromatic carbocycles. The summed E-state index contributed by atoms with van der Waals surface area (Å²) < 4.78 is 25.5. The molecule has 4 nitrogen and oxygen atoms in total. The second kappa shape index (κ2) is 11.0. The number of aliphatic hydroxyl groups excluding tert-OH is 1. The average Bonchev–Trinajstić information content (AvgIpc) is 2.67. The van der Waals surface area contributed by atoms with Crippen molar-refractivity contribution >= 4 is 0 Å². The molecular weight excluding hydrogens is 417 g/mol. The fourth-order valence-corrected chi connectivity index (χ4v) is 3.91. The molecule has 0 bridgehead atoms. The summed E-state index contributed by atoms with van der Waals surface area (Å²) in [7, 11) is 4.09.